The normalized spacial score (nSPS) is 31.6. The molecular weight excluding hydrogens is 466 g/mol. The van der Waals surface area contributed by atoms with E-state index in [2.05, 4.69) is 10.6 Å². The highest BCUT2D eigenvalue weighted by atomic mass is 32.2. The number of methoxy groups -OCH3 is 1. The Hall–Kier alpha value is -2.36. The van der Waals surface area contributed by atoms with Crippen LogP contribution in [-0.4, -0.2) is 72.9 Å². The summed E-state index contributed by atoms with van der Waals surface area (Å²) in [6.07, 6.45) is 10.4. The first-order valence-corrected chi connectivity index (χ1v) is 13.6. The number of carbonyl (C=O) groups excluding carboxylic acids is 3. The van der Waals surface area contributed by atoms with E-state index in [0.717, 1.165) is 30.6 Å². The fourth-order valence-corrected chi connectivity index (χ4v) is 6.61. The Labute approximate surface area is 210 Å². The molecule has 3 fully saturated rings. The Balaban J connectivity index is 1.41. The lowest BCUT2D eigenvalue weighted by Gasteiger charge is -2.34. The molecule has 2 bridgehead atoms. The van der Waals surface area contributed by atoms with Gasteiger partial charge in [-0.3, -0.25) is 14.4 Å². The van der Waals surface area contributed by atoms with Gasteiger partial charge in [0, 0.05) is 30.3 Å². The molecule has 2 N–H and O–H groups in total. The SMILES string of the molecule is COCCN1C(=O)[C@H]2C(C(=O)Nc3cccc(SC)c3)[C@H]3C=CC2(O3)C1C(=O)NC1CCCCC1. The van der Waals surface area contributed by atoms with Gasteiger partial charge in [-0.05, 0) is 37.3 Å². The van der Waals surface area contributed by atoms with Gasteiger partial charge in [0.25, 0.3) is 0 Å². The average molecular weight is 500 g/mol. The maximum absolute atomic E-state index is 13.7. The molecule has 8 nitrogen and oxygen atoms in total. The van der Waals surface area contributed by atoms with Gasteiger partial charge >= 0.3 is 0 Å². The molecule has 3 heterocycles. The summed E-state index contributed by atoms with van der Waals surface area (Å²) in [4.78, 5) is 43.4. The lowest BCUT2D eigenvalue weighted by atomic mass is 9.74. The highest BCUT2D eigenvalue weighted by Gasteiger charge is 2.72. The van der Waals surface area contributed by atoms with E-state index in [4.69, 9.17) is 9.47 Å². The van der Waals surface area contributed by atoms with Crippen LogP contribution in [0.25, 0.3) is 0 Å². The summed E-state index contributed by atoms with van der Waals surface area (Å²) >= 11 is 1.59. The number of nitrogens with zero attached hydrogens (tertiary/aromatic N) is 1. The van der Waals surface area contributed by atoms with Crippen molar-refractivity contribution >= 4 is 35.2 Å². The molecule has 1 aliphatic carbocycles. The molecular formula is C26H33N3O5S. The van der Waals surface area contributed by atoms with Gasteiger partial charge in [0.05, 0.1) is 24.5 Å². The molecule has 3 aliphatic heterocycles. The van der Waals surface area contributed by atoms with E-state index in [9.17, 15) is 14.4 Å². The van der Waals surface area contributed by atoms with Crippen LogP contribution in [0, 0.1) is 11.8 Å². The first kappa shape index (κ1) is 24.3. The minimum absolute atomic E-state index is 0.108. The van der Waals surface area contributed by atoms with Crippen LogP contribution < -0.4 is 10.6 Å². The van der Waals surface area contributed by atoms with Crippen LogP contribution >= 0.6 is 11.8 Å². The number of nitrogens with one attached hydrogen (secondary N) is 2. The first-order valence-electron chi connectivity index (χ1n) is 12.4. The maximum Gasteiger partial charge on any atom is 0.246 e. The summed E-state index contributed by atoms with van der Waals surface area (Å²) in [6, 6.07) is 6.89. The minimum Gasteiger partial charge on any atom is -0.383 e. The molecule has 0 aromatic heterocycles. The van der Waals surface area contributed by atoms with E-state index in [1.54, 1.807) is 23.8 Å². The zero-order valence-electron chi connectivity index (χ0n) is 20.2. The molecule has 5 atom stereocenters. The fraction of sp³-hybridized carbons (Fsp3) is 0.577. The molecule has 35 heavy (non-hydrogen) atoms. The van der Waals surface area contributed by atoms with Crippen molar-refractivity contribution in [1.82, 2.24) is 10.2 Å². The number of thioether (sulfide) groups is 1. The lowest BCUT2D eigenvalue weighted by molar-refractivity contribution is -0.142. The van der Waals surface area contributed by atoms with Crippen molar-refractivity contribution in [2.75, 3.05) is 31.8 Å². The highest BCUT2D eigenvalue weighted by molar-refractivity contribution is 7.98. The van der Waals surface area contributed by atoms with Crippen LogP contribution in [0.2, 0.25) is 0 Å². The predicted molar refractivity (Wildman–Crippen MR) is 133 cm³/mol. The van der Waals surface area contributed by atoms with Gasteiger partial charge in [-0.2, -0.15) is 0 Å². The number of carbonyl (C=O) groups is 3. The molecule has 3 amide bonds. The number of amides is 3. The first-order chi connectivity index (χ1) is 17.0. The number of rotatable bonds is 8. The van der Waals surface area contributed by atoms with Crippen molar-refractivity contribution in [3.63, 3.8) is 0 Å². The van der Waals surface area contributed by atoms with E-state index in [-0.39, 0.29) is 30.3 Å². The van der Waals surface area contributed by atoms with Gasteiger partial charge < -0.3 is 25.0 Å². The zero-order chi connectivity index (χ0) is 24.6. The van der Waals surface area contributed by atoms with Crippen molar-refractivity contribution < 1.29 is 23.9 Å². The lowest BCUT2D eigenvalue weighted by Crippen LogP contribution is -2.57. The zero-order valence-corrected chi connectivity index (χ0v) is 21.0. The number of likely N-dealkylation sites (tertiary alicyclic amines) is 1. The molecule has 1 spiro atoms. The van der Waals surface area contributed by atoms with Gasteiger partial charge in [0.1, 0.15) is 11.6 Å². The Bertz CT molecular complexity index is 1030. The molecule has 4 aliphatic rings. The van der Waals surface area contributed by atoms with E-state index < -0.39 is 29.6 Å². The summed E-state index contributed by atoms with van der Waals surface area (Å²) in [5.74, 6) is -2.15. The van der Waals surface area contributed by atoms with Gasteiger partial charge in [-0.1, -0.05) is 37.5 Å². The van der Waals surface area contributed by atoms with Crippen LogP contribution in [0.5, 0.6) is 0 Å². The summed E-state index contributed by atoms with van der Waals surface area (Å²) < 4.78 is 11.6. The monoisotopic (exact) mass is 499 g/mol. The van der Waals surface area contributed by atoms with E-state index in [1.165, 1.54) is 6.42 Å². The third kappa shape index (κ3) is 4.27. The Morgan fingerprint density at radius 3 is 2.77 bits per heavy atom. The predicted octanol–water partition coefficient (Wildman–Crippen LogP) is 2.59. The van der Waals surface area contributed by atoms with E-state index in [0.29, 0.717) is 12.3 Å². The molecule has 9 heteroatoms. The van der Waals surface area contributed by atoms with Crippen LogP contribution in [0.4, 0.5) is 5.69 Å². The smallest absolute Gasteiger partial charge is 0.246 e. The molecule has 1 aromatic carbocycles. The standard InChI is InChI=1S/C26H33N3O5S/c1-33-14-13-29-22(24(31)27-16-7-4-3-5-8-16)26-12-11-19(34-26)20(21(26)25(29)32)23(30)28-17-9-6-10-18(15-17)35-2/h6,9-12,15-16,19-22H,3-5,7-8,13-14H2,1-2H3,(H,27,31)(H,28,30)/t19-,20?,21-,22?,26?/m1/s1. The van der Waals surface area contributed by atoms with Crippen molar-refractivity contribution in [2.24, 2.45) is 11.8 Å². The van der Waals surface area contributed by atoms with E-state index >= 15 is 0 Å². The second-order valence-electron chi connectivity index (χ2n) is 9.79. The third-order valence-corrected chi connectivity index (χ3v) is 8.48. The van der Waals surface area contributed by atoms with Crippen LogP contribution in [-0.2, 0) is 23.9 Å². The second-order valence-corrected chi connectivity index (χ2v) is 10.7. The summed E-state index contributed by atoms with van der Waals surface area (Å²) in [7, 11) is 1.57. The van der Waals surface area contributed by atoms with Crippen LogP contribution in [0.1, 0.15) is 32.1 Å². The topological polar surface area (TPSA) is 97.0 Å². The number of hydrogen-bond acceptors (Lipinski definition) is 6. The molecule has 0 radical (unpaired) electrons. The summed E-state index contributed by atoms with van der Waals surface area (Å²) in [5.41, 5.74) is -0.465. The largest absolute Gasteiger partial charge is 0.383 e. The van der Waals surface area contributed by atoms with Crippen LogP contribution in [0.3, 0.4) is 0 Å². The highest BCUT2D eigenvalue weighted by Crippen LogP contribution is 2.55. The molecule has 1 saturated carbocycles. The Morgan fingerprint density at radius 1 is 1.23 bits per heavy atom. The van der Waals surface area contributed by atoms with Gasteiger partial charge in [0.2, 0.25) is 17.7 Å². The number of benzene rings is 1. The van der Waals surface area contributed by atoms with Crippen LogP contribution in [0.15, 0.2) is 41.3 Å². The third-order valence-electron chi connectivity index (χ3n) is 7.75. The minimum atomic E-state index is -1.14. The Kier molecular flexibility index (Phi) is 6.92. The number of hydrogen-bond donors (Lipinski definition) is 2. The van der Waals surface area contributed by atoms with Crippen molar-refractivity contribution in [3.8, 4) is 0 Å². The quantitative estimate of drug-likeness (QED) is 0.422. The second kappa shape index (κ2) is 9.95. The fourth-order valence-electron chi connectivity index (χ4n) is 6.15. The van der Waals surface area contributed by atoms with Gasteiger partial charge in [0.15, 0.2) is 0 Å². The number of ether oxygens (including phenoxy) is 2. The molecule has 188 valence electrons. The van der Waals surface area contributed by atoms with Crippen molar-refractivity contribution in [2.45, 2.75) is 60.8 Å². The molecule has 5 rings (SSSR count). The summed E-state index contributed by atoms with van der Waals surface area (Å²) in [6.45, 7) is 0.565. The van der Waals surface area contributed by atoms with Crippen molar-refractivity contribution in [1.29, 1.82) is 0 Å². The van der Waals surface area contributed by atoms with Gasteiger partial charge in [-0.15, -0.1) is 11.8 Å². The van der Waals surface area contributed by atoms with E-state index in [1.807, 2.05) is 42.7 Å². The van der Waals surface area contributed by atoms with Gasteiger partial charge in [-0.25, -0.2) is 0 Å². The average Bonchev–Trinajstić information content (AvgIpc) is 3.50. The molecule has 3 unspecified atom stereocenters. The maximum atomic E-state index is 13.7. The molecule has 1 aromatic rings. The molecule has 2 saturated heterocycles. The number of anilines is 1. The number of fused-ring (bicyclic) bond motifs is 1. The summed E-state index contributed by atoms with van der Waals surface area (Å²) in [5, 5.41) is 6.16. The Morgan fingerprint density at radius 2 is 2.03 bits per heavy atom. The van der Waals surface area contributed by atoms with Crippen molar-refractivity contribution in [3.05, 3.63) is 36.4 Å².